The van der Waals surface area contributed by atoms with Crippen molar-refractivity contribution in [1.82, 2.24) is 15.1 Å². The normalized spacial score (nSPS) is 41.8. The topological polar surface area (TPSA) is 72.9 Å². The van der Waals surface area contributed by atoms with Gasteiger partial charge >= 0.3 is 5.97 Å². The number of carbonyl (C=O) groups excluding carboxylic acids is 1. The molecule has 1 heterocycles. The van der Waals surface area contributed by atoms with Gasteiger partial charge in [-0.05, 0) is 139 Å². The summed E-state index contributed by atoms with van der Waals surface area (Å²) in [5, 5.41) is 13.8. The van der Waals surface area contributed by atoms with E-state index in [1.54, 1.807) is 19.1 Å². The number of benzene rings is 1. The van der Waals surface area contributed by atoms with E-state index >= 15 is 0 Å². The fraction of sp³-hybridized carbons (Fsp3) is 0.733. The third-order valence-electron chi connectivity index (χ3n) is 17.6. The van der Waals surface area contributed by atoms with Gasteiger partial charge in [-0.1, -0.05) is 71.9 Å². The van der Waals surface area contributed by atoms with Crippen LogP contribution < -0.4 is 5.32 Å². The Kier molecular flexibility index (Phi) is 9.10. The first-order valence-corrected chi connectivity index (χ1v) is 20.4. The predicted molar refractivity (Wildman–Crippen MR) is 207 cm³/mol. The molecule has 7 rings (SSSR count). The van der Waals surface area contributed by atoms with Gasteiger partial charge in [0, 0.05) is 51.7 Å². The summed E-state index contributed by atoms with van der Waals surface area (Å²) in [7, 11) is 0. The lowest BCUT2D eigenvalue weighted by molar-refractivity contribution is -0.256. The van der Waals surface area contributed by atoms with Gasteiger partial charge < -0.3 is 15.3 Å². The molecule has 1 aromatic carbocycles. The van der Waals surface area contributed by atoms with Crippen LogP contribution in [0.1, 0.15) is 129 Å². The number of carbonyl (C=O) groups is 2. The molecule has 6 heteroatoms. The first kappa shape index (κ1) is 36.9. The number of carboxylic acids is 1. The van der Waals surface area contributed by atoms with Crippen molar-refractivity contribution in [2.24, 2.45) is 50.7 Å². The maximum atomic E-state index is 11.9. The van der Waals surface area contributed by atoms with Gasteiger partial charge in [-0.15, -0.1) is 0 Å². The lowest BCUT2D eigenvalue weighted by atomic mass is 9.29. The molecule has 0 radical (unpaired) electrons. The molecule has 1 aliphatic heterocycles. The summed E-state index contributed by atoms with van der Waals surface area (Å²) in [5.41, 5.74) is 5.50. The van der Waals surface area contributed by atoms with Crippen LogP contribution in [0.15, 0.2) is 42.5 Å². The van der Waals surface area contributed by atoms with Crippen LogP contribution in [0.4, 0.5) is 0 Å². The molecular formula is C45H67N3O3. The van der Waals surface area contributed by atoms with E-state index in [1.807, 2.05) is 17.0 Å². The molecule has 2 N–H and O–H groups in total. The Hall–Kier alpha value is -2.44. The summed E-state index contributed by atoms with van der Waals surface area (Å²) < 4.78 is 0. The average Bonchev–Trinajstić information content (AvgIpc) is 3.47. The Balaban J connectivity index is 1.15. The number of carboxylic acid groups (broad SMARTS) is 1. The van der Waals surface area contributed by atoms with Gasteiger partial charge in [0.15, 0.2) is 0 Å². The number of piperazine rings is 1. The molecule has 4 saturated carbocycles. The second-order valence-corrected chi connectivity index (χ2v) is 19.7. The van der Waals surface area contributed by atoms with Crippen LogP contribution in [0.25, 0.3) is 5.57 Å². The summed E-state index contributed by atoms with van der Waals surface area (Å²) in [6, 6.07) is 7.63. The summed E-state index contributed by atoms with van der Waals surface area (Å²) in [6.07, 6.45) is 13.9. The van der Waals surface area contributed by atoms with Crippen molar-refractivity contribution < 1.29 is 14.7 Å². The minimum atomic E-state index is -0.862. The van der Waals surface area contributed by atoms with Gasteiger partial charge in [-0.2, -0.15) is 0 Å². The Bertz CT molecular complexity index is 1590. The smallest absolute Gasteiger partial charge is 0.335 e. The Morgan fingerprint density at radius 3 is 2.12 bits per heavy atom. The van der Waals surface area contributed by atoms with Crippen LogP contribution in [-0.2, 0) is 4.79 Å². The number of aromatic carboxylic acids is 1. The standard InChI is InChI=1S/C45H67N3O3/c1-30(2)34-14-21-45(46-24-25-47-26-28-48(29-27-47)31(3)49)23-22-44(9)42(7)19-16-36-40(4,5)35(32-10-12-33(13-11-32)39(50)51)15-18-41(36,6)37(42)17-20-43(44,8)38(34)45/h10-13,15,34,36-38,46H,1,14,16-29H2,2-9H3,(H,50,51)/t34-,36?,37?,38?,41-,42+,43+,44-,45-/m0/s1. The number of fused-ring (bicyclic) bond motifs is 7. The number of hydrogen-bond donors (Lipinski definition) is 2. The monoisotopic (exact) mass is 698 g/mol. The van der Waals surface area contributed by atoms with E-state index in [2.05, 4.69) is 71.3 Å². The molecule has 9 atom stereocenters. The largest absolute Gasteiger partial charge is 0.478 e. The maximum Gasteiger partial charge on any atom is 0.335 e. The van der Waals surface area contributed by atoms with E-state index in [1.165, 1.54) is 68.1 Å². The van der Waals surface area contributed by atoms with Crippen molar-refractivity contribution in [3.05, 3.63) is 53.6 Å². The first-order valence-electron chi connectivity index (χ1n) is 20.4. The van der Waals surface area contributed by atoms with Crippen LogP contribution in [-0.4, -0.2) is 71.6 Å². The Morgan fingerprint density at radius 1 is 0.843 bits per heavy atom. The Labute approximate surface area is 308 Å². The summed E-state index contributed by atoms with van der Waals surface area (Å²) in [5.74, 6) is 1.77. The minimum absolute atomic E-state index is 0.0155. The number of hydrogen-bond acceptors (Lipinski definition) is 4. The molecule has 5 aliphatic carbocycles. The zero-order chi connectivity index (χ0) is 36.8. The van der Waals surface area contributed by atoms with E-state index in [0.29, 0.717) is 29.2 Å². The van der Waals surface area contributed by atoms with Gasteiger partial charge in [0.2, 0.25) is 5.91 Å². The van der Waals surface area contributed by atoms with E-state index in [0.717, 1.165) is 45.7 Å². The van der Waals surface area contributed by atoms with Crippen molar-refractivity contribution in [2.45, 2.75) is 119 Å². The van der Waals surface area contributed by atoms with Gasteiger partial charge in [0.25, 0.3) is 0 Å². The van der Waals surface area contributed by atoms with Crippen LogP contribution in [0.3, 0.4) is 0 Å². The van der Waals surface area contributed by atoms with E-state index < -0.39 is 5.97 Å². The second kappa shape index (κ2) is 12.6. The molecule has 6 nitrogen and oxygen atoms in total. The molecule has 1 aromatic rings. The van der Waals surface area contributed by atoms with Crippen molar-refractivity contribution in [2.75, 3.05) is 39.3 Å². The van der Waals surface area contributed by atoms with Crippen LogP contribution in [0.2, 0.25) is 0 Å². The third kappa shape index (κ3) is 5.37. The van der Waals surface area contributed by atoms with E-state index in [9.17, 15) is 14.7 Å². The molecule has 0 spiro atoms. The van der Waals surface area contributed by atoms with Gasteiger partial charge in [0.1, 0.15) is 0 Å². The maximum absolute atomic E-state index is 11.9. The van der Waals surface area contributed by atoms with Crippen molar-refractivity contribution in [3.8, 4) is 0 Å². The minimum Gasteiger partial charge on any atom is -0.478 e. The number of rotatable bonds is 7. The first-order chi connectivity index (χ1) is 23.9. The number of nitrogens with one attached hydrogen (secondary N) is 1. The highest BCUT2D eigenvalue weighted by atomic mass is 16.4. The highest BCUT2D eigenvalue weighted by Crippen LogP contribution is 2.80. The average molecular weight is 698 g/mol. The van der Waals surface area contributed by atoms with Crippen LogP contribution in [0, 0.1) is 50.7 Å². The molecule has 0 aromatic heterocycles. The molecule has 3 unspecified atom stereocenters. The van der Waals surface area contributed by atoms with Crippen molar-refractivity contribution in [3.63, 3.8) is 0 Å². The van der Waals surface area contributed by atoms with Crippen molar-refractivity contribution in [1.29, 1.82) is 0 Å². The predicted octanol–water partition coefficient (Wildman–Crippen LogP) is 8.93. The molecular weight excluding hydrogens is 631 g/mol. The summed E-state index contributed by atoms with van der Waals surface area (Å²) in [4.78, 5) is 28.0. The molecule has 0 bridgehead atoms. The van der Waals surface area contributed by atoms with Gasteiger partial charge in [-0.3, -0.25) is 9.69 Å². The van der Waals surface area contributed by atoms with Crippen LogP contribution >= 0.6 is 0 Å². The molecule has 51 heavy (non-hydrogen) atoms. The molecule has 6 aliphatic rings. The Morgan fingerprint density at radius 2 is 1.49 bits per heavy atom. The number of allylic oxidation sites excluding steroid dienone is 3. The zero-order valence-electron chi connectivity index (χ0n) is 33.2. The lowest BCUT2D eigenvalue weighted by Gasteiger charge is -2.75. The fourth-order valence-electron chi connectivity index (χ4n) is 14.7. The number of nitrogens with zero attached hydrogens (tertiary/aromatic N) is 2. The molecule has 1 amide bonds. The highest BCUT2D eigenvalue weighted by Gasteiger charge is 2.74. The fourth-order valence-corrected chi connectivity index (χ4v) is 14.7. The van der Waals surface area contributed by atoms with Gasteiger partial charge in [-0.25, -0.2) is 4.79 Å². The van der Waals surface area contributed by atoms with Crippen LogP contribution in [0.5, 0.6) is 0 Å². The SMILES string of the molecule is C=C(C)[C@@H]1CC[C@]2(NCCN3CCN(C(C)=O)CC3)CC[C@]3(C)[C@](C)(CCC4[C@@]5(C)CC=C(c6ccc(C(=O)O)cc6)C(C)(C)C5CC[C@]43C)C12. The van der Waals surface area contributed by atoms with Gasteiger partial charge in [0.05, 0.1) is 5.56 Å². The second-order valence-electron chi connectivity index (χ2n) is 19.7. The third-order valence-corrected chi connectivity index (χ3v) is 17.6. The quantitative estimate of drug-likeness (QED) is 0.279. The van der Waals surface area contributed by atoms with E-state index in [-0.39, 0.29) is 38.5 Å². The highest BCUT2D eigenvalue weighted by molar-refractivity contribution is 5.88. The number of amides is 1. The summed E-state index contributed by atoms with van der Waals surface area (Å²) >= 11 is 0. The lowest BCUT2D eigenvalue weighted by Crippen LogP contribution is -2.71. The zero-order valence-corrected chi connectivity index (χ0v) is 33.2. The van der Waals surface area contributed by atoms with Crippen molar-refractivity contribution >= 4 is 17.4 Å². The summed E-state index contributed by atoms with van der Waals surface area (Å²) in [6.45, 7) is 30.2. The molecule has 280 valence electrons. The molecule has 1 saturated heterocycles. The molecule has 5 fully saturated rings. The van der Waals surface area contributed by atoms with E-state index in [4.69, 9.17) is 0 Å².